The second kappa shape index (κ2) is 9.44. The molecule has 0 aliphatic rings. The van der Waals surface area contributed by atoms with E-state index >= 15 is 0 Å². The predicted octanol–water partition coefficient (Wildman–Crippen LogP) is 3.93. The average Bonchev–Trinajstić information content (AvgIpc) is 2.72. The summed E-state index contributed by atoms with van der Waals surface area (Å²) in [6, 6.07) is 8.26. The van der Waals surface area contributed by atoms with Gasteiger partial charge in [-0.25, -0.2) is 9.24 Å². The molecule has 2 rings (SSSR count). The minimum Gasteiger partial charge on any atom is -0.490 e. The van der Waals surface area contributed by atoms with E-state index in [9.17, 15) is 32.3 Å². The first-order valence-corrected chi connectivity index (χ1v) is 8.67. The van der Waals surface area contributed by atoms with Gasteiger partial charge < -0.3 is 20.5 Å². The maximum Gasteiger partial charge on any atom is 0.407 e. The van der Waals surface area contributed by atoms with Crippen LogP contribution in [0.4, 0.5) is 34.6 Å². The van der Waals surface area contributed by atoms with Crippen LogP contribution in [0.1, 0.15) is 12.5 Å². The van der Waals surface area contributed by atoms with Crippen molar-refractivity contribution >= 4 is 28.9 Å². The molecule has 0 fully saturated rings. The van der Waals surface area contributed by atoms with Crippen LogP contribution in [0.3, 0.4) is 0 Å². The van der Waals surface area contributed by atoms with Gasteiger partial charge in [-0.15, -0.1) is 0 Å². The third kappa shape index (κ3) is 6.42. The van der Waals surface area contributed by atoms with E-state index in [1.807, 2.05) is 0 Å². The van der Waals surface area contributed by atoms with Crippen LogP contribution >= 0.6 is 0 Å². The number of nitrogens with one attached hydrogen (secondary N) is 2. The van der Waals surface area contributed by atoms with E-state index < -0.39 is 48.1 Å². The number of carbonyl (C=O) groups excluding carboxylic acids is 2. The molecular weight excluding hydrogens is 422 g/mol. The molecule has 0 aliphatic carbocycles. The number of nitrogens with zero attached hydrogens (tertiary/aromatic N) is 1. The molecule has 7 nitrogen and oxygen atoms in total. The van der Waals surface area contributed by atoms with Crippen molar-refractivity contribution in [2.24, 2.45) is 0 Å². The Labute approximate surface area is 174 Å². The average molecular weight is 439 g/mol. The van der Waals surface area contributed by atoms with E-state index in [1.165, 1.54) is 24.3 Å². The zero-order valence-electron chi connectivity index (χ0n) is 16.1. The molecule has 3 N–H and O–H groups in total. The molecule has 2 aromatic rings. The van der Waals surface area contributed by atoms with Crippen LogP contribution in [-0.2, 0) is 15.8 Å². The number of anilines is 2. The van der Waals surface area contributed by atoms with Gasteiger partial charge in [-0.1, -0.05) is 6.07 Å². The van der Waals surface area contributed by atoms with Crippen LogP contribution in [0.2, 0.25) is 0 Å². The van der Waals surface area contributed by atoms with Gasteiger partial charge in [0.25, 0.3) is 11.8 Å². The molecule has 0 saturated heterocycles. The van der Waals surface area contributed by atoms with Gasteiger partial charge in [-0.2, -0.15) is 13.2 Å². The van der Waals surface area contributed by atoms with Crippen LogP contribution in [0.5, 0.6) is 5.75 Å². The van der Waals surface area contributed by atoms with E-state index in [4.69, 9.17) is 11.3 Å². The molecule has 11 heteroatoms. The molecule has 0 aromatic heterocycles. The number of carbonyl (C=O) groups is 2. The van der Waals surface area contributed by atoms with Crippen molar-refractivity contribution in [2.75, 3.05) is 23.9 Å². The molecule has 2 aromatic carbocycles. The Morgan fingerprint density at radius 1 is 1.10 bits per heavy atom. The van der Waals surface area contributed by atoms with Gasteiger partial charge in [-0.3, -0.25) is 9.59 Å². The maximum atomic E-state index is 13.0. The Kier molecular flexibility index (Phi) is 7.20. The molecule has 1 atom stereocenters. The second-order valence-corrected chi connectivity index (χ2v) is 6.56. The van der Waals surface area contributed by atoms with Gasteiger partial charge in [0.05, 0.1) is 12.1 Å². The summed E-state index contributed by atoms with van der Waals surface area (Å²) in [7, 11) is 0. The number of benzene rings is 2. The van der Waals surface area contributed by atoms with E-state index in [1.54, 1.807) is 0 Å². The number of ether oxygens (including phenoxy) is 1. The SMILES string of the molecule is [C-]#[N+]c1ccc(NC(=O)[C@@](C)(O)COc2ccc(NC(=O)CF)cc2)cc1C(F)(F)F. The summed E-state index contributed by atoms with van der Waals surface area (Å²) in [5.41, 5.74) is -3.89. The number of amides is 2. The first kappa shape index (κ1) is 23.6. The van der Waals surface area contributed by atoms with Crippen molar-refractivity contribution in [3.63, 3.8) is 0 Å². The van der Waals surface area contributed by atoms with Gasteiger partial charge in [0.15, 0.2) is 18.0 Å². The number of alkyl halides is 4. The predicted molar refractivity (Wildman–Crippen MR) is 104 cm³/mol. The Morgan fingerprint density at radius 2 is 1.71 bits per heavy atom. The highest BCUT2D eigenvalue weighted by molar-refractivity contribution is 5.97. The minimum absolute atomic E-state index is 0.215. The second-order valence-electron chi connectivity index (χ2n) is 6.56. The smallest absolute Gasteiger partial charge is 0.407 e. The summed E-state index contributed by atoms with van der Waals surface area (Å²) >= 11 is 0. The number of hydrogen-bond acceptors (Lipinski definition) is 4. The molecule has 2 amide bonds. The topological polar surface area (TPSA) is 92.0 Å². The molecule has 0 heterocycles. The van der Waals surface area contributed by atoms with E-state index in [0.29, 0.717) is 11.8 Å². The van der Waals surface area contributed by atoms with Crippen LogP contribution in [0.25, 0.3) is 4.85 Å². The van der Waals surface area contributed by atoms with Crippen LogP contribution < -0.4 is 15.4 Å². The summed E-state index contributed by atoms with van der Waals surface area (Å²) in [5.74, 6) is -1.64. The Balaban J connectivity index is 2.03. The van der Waals surface area contributed by atoms with Crippen LogP contribution in [0.15, 0.2) is 42.5 Å². The highest BCUT2D eigenvalue weighted by Gasteiger charge is 2.35. The lowest BCUT2D eigenvalue weighted by Crippen LogP contribution is -2.45. The molecular formula is C20H17F4N3O4. The number of rotatable bonds is 7. The third-order valence-corrected chi connectivity index (χ3v) is 3.95. The van der Waals surface area contributed by atoms with E-state index in [-0.39, 0.29) is 11.4 Å². The lowest BCUT2D eigenvalue weighted by Gasteiger charge is -2.23. The van der Waals surface area contributed by atoms with Crippen molar-refractivity contribution in [3.05, 3.63) is 59.4 Å². The molecule has 0 radical (unpaired) electrons. The Morgan fingerprint density at radius 3 is 2.26 bits per heavy atom. The summed E-state index contributed by atoms with van der Waals surface area (Å²) in [6.07, 6.45) is -4.79. The zero-order chi connectivity index (χ0) is 23.2. The first-order valence-electron chi connectivity index (χ1n) is 8.67. The Bertz CT molecular complexity index is 999. The van der Waals surface area contributed by atoms with Crippen LogP contribution in [-0.4, -0.2) is 35.8 Å². The lowest BCUT2D eigenvalue weighted by molar-refractivity contribution is -0.137. The molecule has 0 unspecified atom stereocenters. The number of hydrogen-bond donors (Lipinski definition) is 3. The monoisotopic (exact) mass is 439 g/mol. The first-order chi connectivity index (χ1) is 14.5. The molecule has 31 heavy (non-hydrogen) atoms. The fourth-order valence-corrected chi connectivity index (χ4v) is 2.32. The Hall–Kier alpha value is -3.65. The number of halogens is 4. The molecule has 0 spiro atoms. The fourth-order valence-electron chi connectivity index (χ4n) is 2.32. The van der Waals surface area contributed by atoms with Gasteiger partial charge in [-0.05, 0) is 43.3 Å². The van der Waals surface area contributed by atoms with Gasteiger partial charge in [0.2, 0.25) is 0 Å². The highest BCUT2D eigenvalue weighted by atomic mass is 19.4. The van der Waals surface area contributed by atoms with Gasteiger partial charge in [0.1, 0.15) is 12.4 Å². The normalized spacial score (nSPS) is 12.9. The molecule has 0 aliphatic heterocycles. The summed E-state index contributed by atoms with van der Waals surface area (Å²) in [5, 5.41) is 14.8. The van der Waals surface area contributed by atoms with E-state index in [2.05, 4.69) is 15.5 Å². The third-order valence-electron chi connectivity index (χ3n) is 3.95. The molecule has 164 valence electrons. The summed E-state index contributed by atoms with van der Waals surface area (Å²) in [6.45, 7) is 6.20. The zero-order valence-corrected chi connectivity index (χ0v) is 16.1. The molecule has 0 saturated carbocycles. The minimum atomic E-state index is -4.79. The van der Waals surface area contributed by atoms with Crippen molar-refractivity contribution in [1.29, 1.82) is 0 Å². The lowest BCUT2D eigenvalue weighted by atomic mass is 10.1. The van der Waals surface area contributed by atoms with Crippen molar-refractivity contribution in [1.82, 2.24) is 0 Å². The standard InChI is InChI=1S/C20H17F4N3O4/c1-19(30,11-31-14-6-3-12(4-7-14)26-17(28)10-21)18(29)27-13-5-8-16(25-2)15(9-13)20(22,23)24/h3-9,30H,10-11H2,1H3,(H,26,28)(H,27,29)/t19-/m0/s1. The summed E-state index contributed by atoms with van der Waals surface area (Å²) in [4.78, 5) is 26.1. The van der Waals surface area contributed by atoms with Crippen molar-refractivity contribution in [2.45, 2.75) is 18.7 Å². The maximum absolute atomic E-state index is 13.0. The summed E-state index contributed by atoms with van der Waals surface area (Å²) < 4.78 is 56.6. The highest BCUT2D eigenvalue weighted by Crippen LogP contribution is 2.38. The van der Waals surface area contributed by atoms with E-state index in [0.717, 1.165) is 19.1 Å². The van der Waals surface area contributed by atoms with Gasteiger partial charge in [0, 0.05) is 11.4 Å². The molecule has 0 bridgehead atoms. The van der Waals surface area contributed by atoms with Crippen molar-refractivity contribution < 1.29 is 37.0 Å². The van der Waals surface area contributed by atoms with Gasteiger partial charge >= 0.3 is 6.18 Å². The quantitative estimate of drug-likeness (QED) is 0.450. The van der Waals surface area contributed by atoms with Crippen molar-refractivity contribution in [3.8, 4) is 5.75 Å². The fraction of sp³-hybridized carbons (Fsp3) is 0.250. The van der Waals surface area contributed by atoms with Crippen LogP contribution in [0, 0.1) is 6.57 Å². The largest absolute Gasteiger partial charge is 0.490 e. The number of aliphatic hydroxyl groups is 1.